The second-order valence-electron chi connectivity index (χ2n) is 5.16. The Morgan fingerprint density at radius 2 is 1.76 bits per heavy atom. The number of pyridine rings is 1. The quantitative estimate of drug-likeness (QED) is 0.771. The lowest BCUT2D eigenvalue weighted by Gasteiger charge is -2.09. The highest BCUT2D eigenvalue weighted by atomic mass is 79.9. The van der Waals surface area contributed by atoms with E-state index in [0.717, 1.165) is 11.3 Å². The van der Waals surface area contributed by atoms with Crippen LogP contribution in [0.4, 0.5) is 5.69 Å². The van der Waals surface area contributed by atoms with Crippen LogP contribution in [0.2, 0.25) is 0 Å². The zero-order chi connectivity index (χ0) is 14.5. The smallest absolute Gasteiger partial charge is 0.230 e. The maximum absolute atomic E-state index is 12.0. The van der Waals surface area contributed by atoms with Gasteiger partial charge in [-0.2, -0.15) is 0 Å². The number of aryl methyl sites for hydroxylation is 3. The molecule has 1 N–H and O–H groups in total. The average molecular weight is 349 g/mol. The topological polar surface area (TPSA) is 33.0 Å². The van der Waals surface area contributed by atoms with Crippen LogP contribution in [0.1, 0.15) is 23.1 Å². The number of hydrogen-bond acceptors (Lipinski definition) is 1. The molecule has 0 aliphatic rings. The minimum atomic E-state index is 0. The molecule has 0 atom stereocenters. The Balaban J connectivity index is 0.00000220. The molecule has 1 amide bonds. The van der Waals surface area contributed by atoms with Crippen molar-refractivity contribution in [3.63, 3.8) is 0 Å². The molecule has 1 heterocycles. The van der Waals surface area contributed by atoms with E-state index in [4.69, 9.17) is 0 Å². The Hall–Kier alpha value is -1.68. The summed E-state index contributed by atoms with van der Waals surface area (Å²) in [6.45, 7) is 6.82. The van der Waals surface area contributed by atoms with Crippen molar-refractivity contribution in [2.45, 2.75) is 33.7 Å². The van der Waals surface area contributed by atoms with Crippen molar-refractivity contribution in [1.29, 1.82) is 0 Å². The second-order valence-corrected chi connectivity index (χ2v) is 5.16. The minimum Gasteiger partial charge on any atom is -1.00 e. The largest absolute Gasteiger partial charge is 1.00 e. The molecule has 3 nitrogen and oxygen atoms in total. The van der Waals surface area contributed by atoms with Crippen LogP contribution >= 0.6 is 0 Å². The lowest BCUT2D eigenvalue weighted by Crippen LogP contribution is -3.00. The highest BCUT2D eigenvalue weighted by molar-refractivity contribution is 5.91. The van der Waals surface area contributed by atoms with Gasteiger partial charge in [-0.05, 0) is 43.5 Å². The number of nitrogens with one attached hydrogen (secondary N) is 1. The average Bonchev–Trinajstić information content (AvgIpc) is 2.43. The first-order chi connectivity index (χ1) is 9.56. The summed E-state index contributed by atoms with van der Waals surface area (Å²) in [5, 5.41) is 2.98. The molecule has 112 valence electrons. The number of carbonyl (C=O) groups excluding carboxylic acids is 1. The molecule has 1 aromatic heterocycles. The van der Waals surface area contributed by atoms with E-state index in [1.54, 1.807) is 0 Å². The maximum Gasteiger partial charge on any atom is 0.230 e. The fourth-order valence-corrected chi connectivity index (χ4v) is 2.01. The van der Waals surface area contributed by atoms with Gasteiger partial charge >= 0.3 is 0 Å². The van der Waals surface area contributed by atoms with Gasteiger partial charge in [0.1, 0.15) is 0 Å². The molecule has 4 heteroatoms. The van der Waals surface area contributed by atoms with E-state index in [0.29, 0.717) is 13.0 Å². The molecule has 2 aromatic rings. The van der Waals surface area contributed by atoms with Crippen molar-refractivity contribution >= 4 is 11.6 Å². The SMILES string of the molecule is Cc1cc[n+](CCC(=O)Nc2cccc(C)c2C)cc1.[Br-]. The van der Waals surface area contributed by atoms with Crippen molar-refractivity contribution in [3.8, 4) is 0 Å². The molecule has 0 unspecified atom stereocenters. The molecule has 0 aliphatic heterocycles. The molecule has 0 saturated heterocycles. The summed E-state index contributed by atoms with van der Waals surface area (Å²) in [5.74, 6) is 0.0479. The fourth-order valence-electron chi connectivity index (χ4n) is 2.01. The molecule has 0 aliphatic carbocycles. The van der Waals surface area contributed by atoms with Gasteiger partial charge < -0.3 is 22.3 Å². The molecule has 1 aromatic carbocycles. The van der Waals surface area contributed by atoms with Crippen LogP contribution in [0.5, 0.6) is 0 Å². The van der Waals surface area contributed by atoms with Gasteiger partial charge in [-0.1, -0.05) is 12.1 Å². The van der Waals surface area contributed by atoms with E-state index in [2.05, 4.69) is 12.2 Å². The van der Waals surface area contributed by atoms with Crippen LogP contribution in [-0.2, 0) is 11.3 Å². The molecule has 0 spiro atoms. The molecule has 0 saturated carbocycles. The molecule has 0 radical (unpaired) electrons. The monoisotopic (exact) mass is 348 g/mol. The third-order valence-corrected chi connectivity index (χ3v) is 3.53. The minimum absolute atomic E-state index is 0. The van der Waals surface area contributed by atoms with Gasteiger partial charge in [0.2, 0.25) is 5.91 Å². The fraction of sp³-hybridized carbons (Fsp3) is 0.294. The third kappa shape index (κ3) is 4.97. The summed E-state index contributed by atoms with van der Waals surface area (Å²) >= 11 is 0. The van der Waals surface area contributed by atoms with Crippen LogP contribution in [0.25, 0.3) is 0 Å². The predicted molar refractivity (Wildman–Crippen MR) is 80.5 cm³/mol. The highest BCUT2D eigenvalue weighted by Gasteiger charge is 2.08. The number of anilines is 1. The van der Waals surface area contributed by atoms with Crippen molar-refractivity contribution < 1.29 is 26.3 Å². The Kier molecular flexibility index (Phi) is 6.56. The van der Waals surface area contributed by atoms with Gasteiger partial charge in [-0.25, -0.2) is 4.57 Å². The van der Waals surface area contributed by atoms with E-state index in [-0.39, 0.29) is 22.9 Å². The van der Waals surface area contributed by atoms with Gasteiger partial charge in [0, 0.05) is 17.8 Å². The van der Waals surface area contributed by atoms with Crippen molar-refractivity contribution in [2.24, 2.45) is 0 Å². The van der Waals surface area contributed by atoms with Crippen molar-refractivity contribution in [1.82, 2.24) is 0 Å². The van der Waals surface area contributed by atoms with Crippen molar-refractivity contribution in [2.75, 3.05) is 5.32 Å². The normalized spacial score (nSPS) is 9.86. The Morgan fingerprint density at radius 1 is 1.10 bits per heavy atom. The van der Waals surface area contributed by atoms with Crippen LogP contribution in [0.15, 0.2) is 42.7 Å². The van der Waals surface area contributed by atoms with Crippen LogP contribution in [0.3, 0.4) is 0 Å². The van der Waals surface area contributed by atoms with Gasteiger partial charge in [0.05, 0.1) is 6.42 Å². The lowest BCUT2D eigenvalue weighted by molar-refractivity contribution is -0.695. The number of amides is 1. The first-order valence-electron chi connectivity index (χ1n) is 6.88. The standard InChI is InChI=1S/C17H20N2O.BrH/c1-13-7-10-19(11-8-13)12-9-17(20)18-16-6-4-5-14(2)15(16)3;/h4-8,10-11H,9,12H2,1-3H3;1H. The zero-order valence-electron chi connectivity index (χ0n) is 12.7. The summed E-state index contributed by atoms with van der Waals surface area (Å²) in [5.41, 5.74) is 4.45. The van der Waals surface area contributed by atoms with E-state index in [9.17, 15) is 4.79 Å². The van der Waals surface area contributed by atoms with Crippen LogP contribution in [-0.4, -0.2) is 5.91 Å². The summed E-state index contributed by atoms with van der Waals surface area (Å²) in [6.07, 6.45) is 4.47. The second kappa shape index (κ2) is 7.93. The molecule has 21 heavy (non-hydrogen) atoms. The predicted octanol–water partition coefficient (Wildman–Crippen LogP) is -0.0678. The van der Waals surface area contributed by atoms with Crippen molar-refractivity contribution in [3.05, 3.63) is 59.4 Å². The molecule has 0 fully saturated rings. The summed E-state index contributed by atoms with van der Waals surface area (Å²) in [6, 6.07) is 10.0. The lowest BCUT2D eigenvalue weighted by atomic mass is 10.1. The van der Waals surface area contributed by atoms with E-state index < -0.39 is 0 Å². The number of carbonyl (C=O) groups is 1. The first-order valence-corrected chi connectivity index (χ1v) is 6.88. The van der Waals surface area contributed by atoms with E-state index >= 15 is 0 Å². The van der Waals surface area contributed by atoms with Gasteiger partial charge in [-0.15, -0.1) is 0 Å². The number of rotatable bonds is 4. The van der Waals surface area contributed by atoms with Crippen LogP contribution in [0, 0.1) is 20.8 Å². The Morgan fingerprint density at radius 3 is 2.43 bits per heavy atom. The van der Waals surface area contributed by atoms with Gasteiger partial charge in [0.15, 0.2) is 18.9 Å². The van der Waals surface area contributed by atoms with Gasteiger partial charge in [0.25, 0.3) is 0 Å². The third-order valence-electron chi connectivity index (χ3n) is 3.53. The highest BCUT2D eigenvalue weighted by Crippen LogP contribution is 2.17. The molecule has 2 rings (SSSR count). The molecular formula is C17H21BrN2O. The molecular weight excluding hydrogens is 328 g/mol. The first kappa shape index (κ1) is 17.4. The maximum atomic E-state index is 12.0. The number of nitrogens with zero attached hydrogens (tertiary/aromatic N) is 1. The Bertz CT molecular complexity index is 609. The number of aromatic nitrogens is 1. The summed E-state index contributed by atoms with van der Waals surface area (Å²) in [7, 11) is 0. The molecule has 0 bridgehead atoms. The van der Waals surface area contributed by atoms with Gasteiger partial charge in [-0.3, -0.25) is 4.79 Å². The van der Waals surface area contributed by atoms with Crippen LogP contribution < -0.4 is 26.9 Å². The zero-order valence-corrected chi connectivity index (χ0v) is 14.3. The Labute approximate surface area is 136 Å². The van der Waals surface area contributed by atoms with E-state index in [1.807, 2.05) is 61.1 Å². The van der Waals surface area contributed by atoms with E-state index in [1.165, 1.54) is 11.1 Å². The number of benzene rings is 1. The summed E-state index contributed by atoms with van der Waals surface area (Å²) < 4.78 is 2.02. The number of hydrogen-bond donors (Lipinski definition) is 1. The summed E-state index contributed by atoms with van der Waals surface area (Å²) in [4.78, 5) is 12.0. The number of halogens is 1.